The standard InChI is InChI=1S/C15H13Br2FO/c1-10-6-13(18)4-3-12(10)9-19-15-5-2-11(8-16)7-14(15)17/h2-7H,8-9H2,1H3. The fourth-order valence-corrected chi connectivity index (χ4v) is 2.61. The quantitative estimate of drug-likeness (QED) is 0.640. The van der Waals surface area contributed by atoms with Crippen molar-refractivity contribution in [1.29, 1.82) is 0 Å². The van der Waals surface area contributed by atoms with Crippen LogP contribution in [-0.2, 0) is 11.9 Å². The van der Waals surface area contributed by atoms with Gasteiger partial charge in [-0.05, 0) is 63.8 Å². The first-order valence-electron chi connectivity index (χ1n) is 5.82. The summed E-state index contributed by atoms with van der Waals surface area (Å²) in [7, 11) is 0. The number of ether oxygens (including phenoxy) is 1. The smallest absolute Gasteiger partial charge is 0.134 e. The zero-order chi connectivity index (χ0) is 13.8. The molecule has 0 unspecified atom stereocenters. The molecule has 0 fully saturated rings. The third kappa shape index (κ3) is 3.80. The van der Waals surface area contributed by atoms with E-state index in [9.17, 15) is 4.39 Å². The predicted molar refractivity (Wildman–Crippen MR) is 82.2 cm³/mol. The Kier molecular flexibility index (Phi) is 4.99. The van der Waals surface area contributed by atoms with Crippen LogP contribution in [0.2, 0.25) is 0 Å². The van der Waals surface area contributed by atoms with Crippen molar-refractivity contribution in [3.8, 4) is 5.75 Å². The molecule has 4 heteroatoms. The molecule has 19 heavy (non-hydrogen) atoms. The van der Waals surface area contributed by atoms with E-state index in [0.29, 0.717) is 6.61 Å². The molecular weight excluding hydrogens is 375 g/mol. The normalized spacial score (nSPS) is 10.5. The van der Waals surface area contributed by atoms with Crippen LogP contribution in [0.15, 0.2) is 40.9 Å². The van der Waals surface area contributed by atoms with Crippen LogP contribution in [-0.4, -0.2) is 0 Å². The van der Waals surface area contributed by atoms with Crippen molar-refractivity contribution >= 4 is 31.9 Å². The van der Waals surface area contributed by atoms with Gasteiger partial charge in [-0.25, -0.2) is 4.39 Å². The second-order valence-corrected chi connectivity index (χ2v) is 5.67. The monoisotopic (exact) mass is 386 g/mol. The lowest BCUT2D eigenvalue weighted by molar-refractivity contribution is 0.303. The molecule has 0 aliphatic heterocycles. The summed E-state index contributed by atoms with van der Waals surface area (Å²) in [5, 5.41) is 0.808. The van der Waals surface area contributed by atoms with Gasteiger partial charge in [0.1, 0.15) is 18.2 Å². The van der Waals surface area contributed by atoms with Crippen LogP contribution in [0.25, 0.3) is 0 Å². The van der Waals surface area contributed by atoms with Gasteiger partial charge in [0.25, 0.3) is 0 Å². The van der Waals surface area contributed by atoms with E-state index in [1.807, 2.05) is 25.1 Å². The van der Waals surface area contributed by atoms with Crippen LogP contribution in [0.5, 0.6) is 5.75 Å². The Hall–Kier alpha value is -0.870. The van der Waals surface area contributed by atoms with Gasteiger partial charge < -0.3 is 4.74 Å². The van der Waals surface area contributed by atoms with Gasteiger partial charge in [-0.3, -0.25) is 0 Å². The Labute approximate surface area is 129 Å². The van der Waals surface area contributed by atoms with Crippen molar-refractivity contribution in [2.75, 3.05) is 0 Å². The molecular formula is C15H13Br2FO. The van der Waals surface area contributed by atoms with Crippen LogP contribution in [0.4, 0.5) is 4.39 Å². The third-order valence-corrected chi connectivity index (χ3v) is 4.11. The summed E-state index contributed by atoms with van der Waals surface area (Å²) >= 11 is 6.90. The predicted octanol–water partition coefficient (Wildman–Crippen LogP) is 5.37. The minimum atomic E-state index is -0.218. The summed E-state index contributed by atoms with van der Waals surface area (Å²) in [6, 6.07) is 10.7. The second-order valence-electron chi connectivity index (χ2n) is 4.26. The average molecular weight is 388 g/mol. The molecule has 0 amide bonds. The molecule has 0 heterocycles. The van der Waals surface area contributed by atoms with Gasteiger partial charge in [-0.15, -0.1) is 0 Å². The molecule has 0 radical (unpaired) electrons. The van der Waals surface area contributed by atoms with Crippen LogP contribution in [0.3, 0.4) is 0 Å². The number of rotatable bonds is 4. The summed E-state index contributed by atoms with van der Waals surface area (Å²) < 4.78 is 19.7. The Morgan fingerprint density at radius 1 is 1.16 bits per heavy atom. The molecule has 0 aliphatic rings. The van der Waals surface area contributed by atoms with Gasteiger partial charge in [0.15, 0.2) is 0 Å². The Balaban J connectivity index is 2.10. The van der Waals surface area contributed by atoms with Gasteiger partial charge >= 0.3 is 0 Å². The van der Waals surface area contributed by atoms with E-state index in [2.05, 4.69) is 31.9 Å². The molecule has 100 valence electrons. The number of aryl methyl sites for hydroxylation is 1. The molecule has 1 nitrogen and oxygen atoms in total. The summed E-state index contributed by atoms with van der Waals surface area (Å²) in [6.45, 7) is 2.31. The first-order chi connectivity index (χ1) is 9.10. The molecule has 0 spiro atoms. The third-order valence-electron chi connectivity index (χ3n) is 2.84. The number of hydrogen-bond donors (Lipinski definition) is 0. The molecule has 0 N–H and O–H groups in total. The minimum Gasteiger partial charge on any atom is -0.488 e. The number of benzene rings is 2. The Morgan fingerprint density at radius 3 is 2.58 bits per heavy atom. The SMILES string of the molecule is Cc1cc(F)ccc1COc1ccc(CBr)cc1Br. The van der Waals surface area contributed by atoms with E-state index >= 15 is 0 Å². The van der Waals surface area contributed by atoms with Crippen LogP contribution >= 0.6 is 31.9 Å². The number of hydrogen-bond acceptors (Lipinski definition) is 1. The van der Waals surface area contributed by atoms with E-state index in [1.54, 1.807) is 6.07 Å². The van der Waals surface area contributed by atoms with Crippen molar-refractivity contribution in [2.45, 2.75) is 18.9 Å². The van der Waals surface area contributed by atoms with Gasteiger partial charge in [0, 0.05) is 5.33 Å². The maximum atomic E-state index is 13.0. The fraction of sp³-hybridized carbons (Fsp3) is 0.200. The van der Waals surface area contributed by atoms with Gasteiger partial charge in [0.2, 0.25) is 0 Å². The molecule has 0 saturated carbocycles. The molecule has 2 aromatic rings. The van der Waals surface area contributed by atoms with Gasteiger partial charge in [-0.2, -0.15) is 0 Å². The Bertz CT molecular complexity index is 584. The van der Waals surface area contributed by atoms with Crippen LogP contribution in [0, 0.1) is 12.7 Å². The summed E-state index contributed by atoms with van der Waals surface area (Å²) in [4.78, 5) is 0. The molecule has 0 saturated heterocycles. The molecule has 0 atom stereocenters. The first kappa shape index (κ1) is 14.5. The van der Waals surface area contributed by atoms with Crippen LogP contribution < -0.4 is 4.74 Å². The lowest BCUT2D eigenvalue weighted by Crippen LogP contribution is -1.99. The second kappa shape index (κ2) is 6.53. The first-order valence-corrected chi connectivity index (χ1v) is 7.74. The van der Waals surface area contributed by atoms with Gasteiger partial charge in [-0.1, -0.05) is 28.1 Å². The topological polar surface area (TPSA) is 9.23 Å². The van der Waals surface area contributed by atoms with Crippen molar-refractivity contribution < 1.29 is 9.13 Å². The molecule has 2 aromatic carbocycles. The highest BCUT2D eigenvalue weighted by atomic mass is 79.9. The summed E-state index contributed by atoms with van der Waals surface area (Å²) in [5.74, 6) is 0.567. The molecule has 0 aliphatic carbocycles. The zero-order valence-corrected chi connectivity index (χ0v) is 13.6. The average Bonchev–Trinajstić information content (AvgIpc) is 2.39. The van der Waals surface area contributed by atoms with E-state index in [4.69, 9.17) is 4.74 Å². The fourth-order valence-electron chi connectivity index (χ4n) is 1.72. The lowest BCUT2D eigenvalue weighted by atomic mass is 10.1. The Morgan fingerprint density at radius 2 is 1.95 bits per heavy atom. The van der Waals surface area contributed by atoms with Crippen LogP contribution in [0.1, 0.15) is 16.7 Å². The highest BCUT2D eigenvalue weighted by Gasteiger charge is 2.05. The zero-order valence-electron chi connectivity index (χ0n) is 10.4. The summed E-state index contributed by atoms with van der Waals surface area (Å²) in [5.41, 5.74) is 3.06. The largest absolute Gasteiger partial charge is 0.488 e. The van der Waals surface area contributed by atoms with E-state index in [-0.39, 0.29) is 5.82 Å². The lowest BCUT2D eigenvalue weighted by Gasteiger charge is -2.11. The number of alkyl halides is 1. The van der Waals surface area contributed by atoms with E-state index in [1.165, 1.54) is 17.7 Å². The maximum absolute atomic E-state index is 13.0. The van der Waals surface area contributed by atoms with Crippen molar-refractivity contribution in [1.82, 2.24) is 0 Å². The maximum Gasteiger partial charge on any atom is 0.134 e. The van der Waals surface area contributed by atoms with Crippen molar-refractivity contribution in [3.05, 3.63) is 63.4 Å². The van der Waals surface area contributed by atoms with Crippen molar-refractivity contribution in [2.24, 2.45) is 0 Å². The summed E-state index contributed by atoms with van der Waals surface area (Å²) in [6.07, 6.45) is 0. The highest BCUT2D eigenvalue weighted by molar-refractivity contribution is 9.10. The van der Waals surface area contributed by atoms with E-state index in [0.717, 1.165) is 26.7 Å². The molecule has 2 rings (SSSR count). The van der Waals surface area contributed by atoms with E-state index < -0.39 is 0 Å². The van der Waals surface area contributed by atoms with Crippen molar-refractivity contribution in [3.63, 3.8) is 0 Å². The van der Waals surface area contributed by atoms with Gasteiger partial charge in [0.05, 0.1) is 4.47 Å². The molecule has 0 bridgehead atoms. The molecule has 0 aromatic heterocycles. The number of halogens is 3. The minimum absolute atomic E-state index is 0.218. The highest BCUT2D eigenvalue weighted by Crippen LogP contribution is 2.28.